The zero-order chi connectivity index (χ0) is 17.2. The molecule has 0 spiro atoms. The summed E-state index contributed by atoms with van der Waals surface area (Å²) in [5.41, 5.74) is -2.36. The van der Waals surface area contributed by atoms with E-state index in [9.17, 15) is 32.5 Å². The molecule has 0 bridgehead atoms. The average molecular weight is 328 g/mol. The number of hydrogen-bond donors (Lipinski definition) is 1. The van der Waals surface area contributed by atoms with Crippen LogP contribution in [0.25, 0.3) is 0 Å². The number of amides is 1. The Morgan fingerprint density at radius 2 is 1.83 bits per heavy atom. The van der Waals surface area contributed by atoms with Crippen molar-refractivity contribution in [3.05, 3.63) is 69.5 Å². The molecule has 0 aliphatic heterocycles. The fourth-order valence-electron chi connectivity index (χ4n) is 1.75. The summed E-state index contributed by atoms with van der Waals surface area (Å²) in [7, 11) is 0. The summed E-state index contributed by atoms with van der Waals surface area (Å²) in [4.78, 5) is 21.7. The zero-order valence-corrected chi connectivity index (χ0v) is 11.2. The number of hydrogen-bond acceptors (Lipinski definition) is 3. The summed E-state index contributed by atoms with van der Waals surface area (Å²) in [5, 5.41) is 12.6. The number of nitro groups is 1. The predicted octanol–water partition coefficient (Wildman–Crippen LogP) is 4.01. The van der Waals surface area contributed by atoms with Crippen molar-refractivity contribution in [2.24, 2.45) is 0 Å². The Morgan fingerprint density at radius 1 is 1.13 bits per heavy atom. The molecule has 0 saturated heterocycles. The maximum atomic E-state index is 13.6. The van der Waals surface area contributed by atoms with E-state index < -0.39 is 39.8 Å². The molecule has 2 aromatic rings. The number of rotatable bonds is 3. The SMILES string of the molecule is O=C(Nc1cc([N+](=O)[O-])ccc1F)c1cccc(C(F)(F)F)c1. The van der Waals surface area contributed by atoms with Gasteiger partial charge in [-0.25, -0.2) is 4.39 Å². The molecule has 0 atom stereocenters. The average Bonchev–Trinajstić information content (AvgIpc) is 2.48. The normalized spacial score (nSPS) is 11.1. The van der Waals surface area contributed by atoms with E-state index in [0.717, 1.165) is 36.4 Å². The third-order valence-electron chi connectivity index (χ3n) is 2.86. The van der Waals surface area contributed by atoms with Gasteiger partial charge in [0.1, 0.15) is 5.82 Å². The van der Waals surface area contributed by atoms with Crippen LogP contribution in [-0.4, -0.2) is 10.8 Å². The molecule has 9 heteroatoms. The second-order valence-electron chi connectivity index (χ2n) is 4.45. The topological polar surface area (TPSA) is 72.2 Å². The molecule has 120 valence electrons. The lowest BCUT2D eigenvalue weighted by Gasteiger charge is -2.09. The van der Waals surface area contributed by atoms with Gasteiger partial charge in [0.05, 0.1) is 16.2 Å². The molecule has 0 unspecified atom stereocenters. The van der Waals surface area contributed by atoms with Gasteiger partial charge in [0.2, 0.25) is 0 Å². The third kappa shape index (κ3) is 3.82. The van der Waals surface area contributed by atoms with Crippen LogP contribution in [0.15, 0.2) is 42.5 Å². The molecule has 23 heavy (non-hydrogen) atoms. The van der Waals surface area contributed by atoms with E-state index in [2.05, 4.69) is 0 Å². The van der Waals surface area contributed by atoms with Crippen LogP contribution in [0.4, 0.5) is 28.9 Å². The highest BCUT2D eigenvalue weighted by Crippen LogP contribution is 2.30. The number of carbonyl (C=O) groups is 1. The monoisotopic (exact) mass is 328 g/mol. The molecular weight excluding hydrogens is 320 g/mol. The van der Waals surface area contributed by atoms with Crippen molar-refractivity contribution in [2.45, 2.75) is 6.18 Å². The van der Waals surface area contributed by atoms with Gasteiger partial charge in [-0.05, 0) is 24.3 Å². The molecule has 0 heterocycles. The molecule has 2 rings (SSSR count). The van der Waals surface area contributed by atoms with Crippen LogP contribution < -0.4 is 5.32 Å². The van der Waals surface area contributed by atoms with Gasteiger partial charge in [-0.2, -0.15) is 13.2 Å². The van der Waals surface area contributed by atoms with E-state index in [1.807, 2.05) is 5.32 Å². The Morgan fingerprint density at radius 3 is 2.43 bits per heavy atom. The molecule has 1 N–H and O–H groups in total. The van der Waals surface area contributed by atoms with Gasteiger partial charge in [0.25, 0.3) is 11.6 Å². The molecule has 2 aromatic carbocycles. The number of carbonyl (C=O) groups excluding carboxylic acids is 1. The lowest BCUT2D eigenvalue weighted by molar-refractivity contribution is -0.384. The molecular formula is C14H8F4N2O3. The van der Waals surface area contributed by atoms with E-state index in [0.29, 0.717) is 6.07 Å². The second kappa shape index (κ2) is 6.03. The maximum absolute atomic E-state index is 13.6. The van der Waals surface area contributed by atoms with Crippen molar-refractivity contribution in [3.8, 4) is 0 Å². The first-order chi connectivity index (χ1) is 10.7. The molecule has 0 radical (unpaired) electrons. The van der Waals surface area contributed by atoms with Crippen molar-refractivity contribution in [1.29, 1.82) is 0 Å². The Kier molecular flexibility index (Phi) is 4.30. The number of anilines is 1. The van der Waals surface area contributed by atoms with Gasteiger partial charge in [-0.1, -0.05) is 6.07 Å². The van der Waals surface area contributed by atoms with Crippen LogP contribution in [0.3, 0.4) is 0 Å². The number of non-ortho nitro benzene ring substituents is 1. The number of nitrogens with zero attached hydrogens (tertiary/aromatic N) is 1. The van der Waals surface area contributed by atoms with Crippen molar-refractivity contribution < 1.29 is 27.3 Å². The lowest BCUT2D eigenvalue weighted by Crippen LogP contribution is -2.15. The van der Waals surface area contributed by atoms with Crippen LogP contribution in [0.5, 0.6) is 0 Å². The second-order valence-corrected chi connectivity index (χ2v) is 4.45. The highest BCUT2D eigenvalue weighted by atomic mass is 19.4. The predicted molar refractivity (Wildman–Crippen MR) is 72.5 cm³/mol. The van der Waals surface area contributed by atoms with E-state index in [1.165, 1.54) is 0 Å². The summed E-state index contributed by atoms with van der Waals surface area (Å²) in [6.07, 6.45) is -4.63. The minimum Gasteiger partial charge on any atom is -0.319 e. The fraction of sp³-hybridized carbons (Fsp3) is 0.0714. The molecule has 1 amide bonds. The maximum Gasteiger partial charge on any atom is 0.416 e. The van der Waals surface area contributed by atoms with Gasteiger partial charge >= 0.3 is 6.18 Å². The summed E-state index contributed by atoms with van der Waals surface area (Å²) in [6, 6.07) is 5.98. The zero-order valence-electron chi connectivity index (χ0n) is 11.2. The van der Waals surface area contributed by atoms with Gasteiger partial charge < -0.3 is 5.32 Å². The summed E-state index contributed by atoms with van der Waals surface area (Å²) >= 11 is 0. The summed E-state index contributed by atoms with van der Waals surface area (Å²) in [5.74, 6) is -1.97. The van der Waals surface area contributed by atoms with Crippen molar-refractivity contribution in [3.63, 3.8) is 0 Å². The van der Waals surface area contributed by atoms with E-state index in [1.54, 1.807) is 0 Å². The number of benzene rings is 2. The van der Waals surface area contributed by atoms with E-state index >= 15 is 0 Å². The Hall–Kier alpha value is -2.97. The first kappa shape index (κ1) is 16.4. The van der Waals surface area contributed by atoms with Crippen LogP contribution in [0, 0.1) is 15.9 Å². The highest BCUT2D eigenvalue weighted by molar-refractivity contribution is 6.04. The van der Waals surface area contributed by atoms with Crippen LogP contribution in [0.2, 0.25) is 0 Å². The number of nitro benzene ring substituents is 1. The fourth-order valence-corrected chi connectivity index (χ4v) is 1.75. The van der Waals surface area contributed by atoms with Crippen molar-refractivity contribution in [1.82, 2.24) is 0 Å². The Labute approximate surface area is 126 Å². The van der Waals surface area contributed by atoms with Gasteiger partial charge in [-0.15, -0.1) is 0 Å². The van der Waals surface area contributed by atoms with Crippen LogP contribution in [-0.2, 0) is 6.18 Å². The quantitative estimate of drug-likeness (QED) is 0.526. The third-order valence-corrected chi connectivity index (χ3v) is 2.86. The molecule has 0 aliphatic rings. The Bertz CT molecular complexity index is 775. The Balaban J connectivity index is 2.29. The van der Waals surface area contributed by atoms with Crippen LogP contribution in [0.1, 0.15) is 15.9 Å². The van der Waals surface area contributed by atoms with Crippen molar-refractivity contribution >= 4 is 17.3 Å². The highest BCUT2D eigenvalue weighted by Gasteiger charge is 2.31. The van der Waals surface area contributed by atoms with Crippen LogP contribution >= 0.6 is 0 Å². The molecule has 0 aromatic heterocycles. The lowest BCUT2D eigenvalue weighted by atomic mass is 10.1. The van der Waals surface area contributed by atoms with E-state index in [-0.39, 0.29) is 5.56 Å². The summed E-state index contributed by atoms with van der Waals surface area (Å²) in [6.45, 7) is 0. The largest absolute Gasteiger partial charge is 0.416 e. The first-order valence-electron chi connectivity index (χ1n) is 6.11. The molecule has 0 fully saturated rings. The molecule has 5 nitrogen and oxygen atoms in total. The first-order valence-corrected chi connectivity index (χ1v) is 6.11. The smallest absolute Gasteiger partial charge is 0.319 e. The van der Waals surface area contributed by atoms with E-state index in [4.69, 9.17) is 0 Å². The van der Waals surface area contributed by atoms with Gasteiger partial charge in [-0.3, -0.25) is 14.9 Å². The minimum atomic E-state index is -4.63. The number of halogens is 4. The molecule has 0 aliphatic carbocycles. The molecule has 0 saturated carbocycles. The van der Waals surface area contributed by atoms with Crippen molar-refractivity contribution in [2.75, 3.05) is 5.32 Å². The summed E-state index contributed by atoms with van der Waals surface area (Å²) < 4.78 is 51.4. The minimum absolute atomic E-state index is 0.356. The number of alkyl halides is 3. The van der Waals surface area contributed by atoms with Gasteiger partial charge in [0.15, 0.2) is 0 Å². The van der Waals surface area contributed by atoms with Gasteiger partial charge in [0, 0.05) is 17.7 Å². The standard InChI is InChI=1S/C14H8F4N2O3/c15-11-5-4-10(20(22)23)7-12(11)19-13(21)8-2-1-3-9(6-8)14(16,17)18/h1-7H,(H,19,21). The number of nitrogens with one attached hydrogen (secondary N) is 1.